The Morgan fingerprint density at radius 2 is 1.86 bits per heavy atom. The molecule has 112 valence electrons. The van der Waals surface area contributed by atoms with Gasteiger partial charge >= 0.3 is 0 Å². The number of rotatable bonds is 2. The molecule has 1 N–H and O–H groups in total. The monoisotopic (exact) mass is 295 g/mol. The number of anilines is 1. The van der Waals surface area contributed by atoms with Gasteiger partial charge in [-0.3, -0.25) is 4.79 Å². The van der Waals surface area contributed by atoms with Gasteiger partial charge in [-0.15, -0.1) is 0 Å². The zero-order chi connectivity index (χ0) is 15.9. The molecule has 0 atom stereocenters. The van der Waals surface area contributed by atoms with Gasteiger partial charge in [0.25, 0.3) is 0 Å². The number of nitrogens with one attached hydrogen (secondary N) is 1. The molecule has 5 nitrogen and oxygen atoms in total. The van der Waals surface area contributed by atoms with Gasteiger partial charge in [-0.2, -0.15) is 0 Å². The van der Waals surface area contributed by atoms with Gasteiger partial charge in [-0.1, -0.05) is 5.16 Å². The Morgan fingerprint density at radius 3 is 2.50 bits per heavy atom. The highest BCUT2D eigenvalue weighted by molar-refractivity contribution is 5.95. The number of aryl methyl sites for hydroxylation is 3. The molecular formula is C17H17N3O2. The van der Waals surface area contributed by atoms with E-state index < -0.39 is 0 Å². The molecule has 5 heteroatoms. The number of fused-ring (bicyclic) bond motifs is 1. The number of pyridine rings is 1. The molecule has 0 radical (unpaired) electrons. The van der Waals surface area contributed by atoms with Crippen LogP contribution in [0.3, 0.4) is 0 Å². The first-order valence-corrected chi connectivity index (χ1v) is 7.07. The summed E-state index contributed by atoms with van der Waals surface area (Å²) < 4.78 is 5.30. The van der Waals surface area contributed by atoms with Crippen LogP contribution in [0.15, 0.2) is 28.8 Å². The smallest absolute Gasteiger partial charge is 0.221 e. The first-order chi connectivity index (χ1) is 10.4. The lowest BCUT2D eigenvalue weighted by Gasteiger charge is -2.10. The number of hydrogen-bond acceptors (Lipinski definition) is 4. The lowest BCUT2D eigenvalue weighted by molar-refractivity contribution is -0.114. The van der Waals surface area contributed by atoms with Crippen LogP contribution in [0.25, 0.3) is 22.4 Å². The molecule has 0 aliphatic carbocycles. The second-order valence-electron chi connectivity index (χ2n) is 5.53. The van der Waals surface area contributed by atoms with Crippen molar-refractivity contribution < 1.29 is 9.32 Å². The molecule has 0 saturated carbocycles. The van der Waals surface area contributed by atoms with Crippen molar-refractivity contribution in [3.8, 4) is 11.5 Å². The predicted octanol–water partition coefficient (Wildman–Crippen LogP) is 3.77. The minimum absolute atomic E-state index is 0.0851. The van der Waals surface area contributed by atoms with E-state index in [1.165, 1.54) is 6.92 Å². The minimum Gasteiger partial charge on any atom is -0.354 e. The molecule has 2 heterocycles. The molecule has 0 aliphatic rings. The van der Waals surface area contributed by atoms with E-state index in [9.17, 15) is 4.79 Å². The number of carbonyl (C=O) groups excluding carboxylic acids is 1. The fourth-order valence-electron chi connectivity index (χ4n) is 2.55. The number of nitrogens with zero attached hydrogens (tertiary/aromatic N) is 2. The predicted molar refractivity (Wildman–Crippen MR) is 85.8 cm³/mol. The maximum Gasteiger partial charge on any atom is 0.221 e. The van der Waals surface area contributed by atoms with Crippen molar-refractivity contribution in [2.75, 3.05) is 5.32 Å². The van der Waals surface area contributed by atoms with E-state index in [4.69, 9.17) is 9.51 Å². The van der Waals surface area contributed by atoms with Gasteiger partial charge in [-0.25, -0.2) is 4.98 Å². The SMILES string of the molecule is CC(=O)Nc1cc(C)c2nc(-c3cc(C)no3)cc(C)c2c1. The van der Waals surface area contributed by atoms with Crippen molar-refractivity contribution in [3.05, 3.63) is 41.1 Å². The van der Waals surface area contributed by atoms with Gasteiger partial charge in [0.15, 0.2) is 5.76 Å². The van der Waals surface area contributed by atoms with Crippen molar-refractivity contribution in [1.29, 1.82) is 0 Å². The average molecular weight is 295 g/mol. The lowest BCUT2D eigenvalue weighted by atomic mass is 10.0. The minimum atomic E-state index is -0.0851. The first-order valence-electron chi connectivity index (χ1n) is 7.07. The van der Waals surface area contributed by atoms with Crippen LogP contribution < -0.4 is 5.32 Å². The Hall–Kier alpha value is -2.69. The molecule has 0 saturated heterocycles. The average Bonchev–Trinajstić information content (AvgIpc) is 2.86. The molecule has 3 rings (SSSR count). The molecule has 2 aromatic heterocycles. The Balaban J connectivity index is 2.18. The maximum atomic E-state index is 11.2. The summed E-state index contributed by atoms with van der Waals surface area (Å²) in [5, 5.41) is 7.75. The molecular weight excluding hydrogens is 278 g/mol. The number of carbonyl (C=O) groups is 1. The quantitative estimate of drug-likeness (QED) is 0.781. The Bertz CT molecular complexity index is 881. The van der Waals surface area contributed by atoms with E-state index >= 15 is 0 Å². The largest absolute Gasteiger partial charge is 0.354 e. The van der Waals surface area contributed by atoms with Gasteiger partial charge in [-0.05, 0) is 50.1 Å². The van der Waals surface area contributed by atoms with Gasteiger partial charge in [0.2, 0.25) is 5.91 Å². The van der Waals surface area contributed by atoms with Crippen LogP contribution in [-0.4, -0.2) is 16.0 Å². The molecule has 0 aliphatic heterocycles. The second-order valence-corrected chi connectivity index (χ2v) is 5.53. The Kier molecular flexibility index (Phi) is 3.41. The number of benzene rings is 1. The summed E-state index contributed by atoms with van der Waals surface area (Å²) in [6.07, 6.45) is 0. The summed E-state index contributed by atoms with van der Waals surface area (Å²) in [4.78, 5) is 15.9. The van der Waals surface area contributed by atoms with E-state index in [0.717, 1.165) is 39.1 Å². The molecule has 0 bridgehead atoms. The molecule has 0 spiro atoms. The van der Waals surface area contributed by atoms with Crippen LogP contribution in [0.5, 0.6) is 0 Å². The van der Waals surface area contributed by atoms with Crippen molar-refractivity contribution in [1.82, 2.24) is 10.1 Å². The van der Waals surface area contributed by atoms with Crippen LogP contribution in [-0.2, 0) is 4.79 Å². The third-order valence-corrected chi connectivity index (χ3v) is 3.51. The fraction of sp³-hybridized carbons (Fsp3) is 0.235. The molecule has 1 aromatic carbocycles. The standard InChI is InChI=1S/C17H17N3O2/c1-9-6-15(16-7-11(3)20-22-16)19-17-10(2)5-13(8-14(9)17)18-12(4)21/h5-8H,1-4H3,(H,18,21). The van der Waals surface area contributed by atoms with E-state index in [2.05, 4.69) is 10.5 Å². The lowest BCUT2D eigenvalue weighted by Crippen LogP contribution is -2.06. The highest BCUT2D eigenvalue weighted by Gasteiger charge is 2.12. The van der Waals surface area contributed by atoms with Gasteiger partial charge in [0, 0.05) is 24.1 Å². The van der Waals surface area contributed by atoms with Gasteiger partial charge < -0.3 is 9.84 Å². The van der Waals surface area contributed by atoms with Gasteiger partial charge in [0.1, 0.15) is 5.69 Å². The summed E-state index contributed by atoms with van der Waals surface area (Å²) in [6, 6.07) is 7.71. The van der Waals surface area contributed by atoms with Crippen molar-refractivity contribution >= 4 is 22.5 Å². The molecule has 22 heavy (non-hydrogen) atoms. The molecule has 1 amide bonds. The van der Waals surface area contributed by atoms with Crippen LogP contribution in [0.1, 0.15) is 23.7 Å². The zero-order valence-electron chi connectivity index (χ0n) is 13.0. The highest BCUT2D eigenvalue weighted by atomic mass is 16.5. The second kappa shape index (κ2) is 5.26. The van der Waals surface area contributed by atoms with Crippen molar-refractivity contribution in [2.45, 2.75) is 27.7 Å². The Labute approximate surface area is 128 Å². The molecule has 3 aromatic rings. The fourth-order valence-corrected chi connectivity index (χ4v) is 2.55. The Morgan fingerprint density at radius 1 is 1.09 bits per heavy atom. The van der Waals surface area contributed by atoms with Crippen molar-refractivity contribution in [2.24, 2.45) is 0 Å². The summed E-state index contributed by atoms with van der Waals surface area (Å²) in [6.45, 7) is 7.38. The number of aromatic nitrogens is 2. The third-order valence-electron chi connectivity index (χ3n) is 3.51. The van der Waals surface area contributed by atoms with E-state index in [-0.39, 0.29) is 5.91 Å². The summed E-state index contributed by atoms with van der Waals surface area (Å²) in [5.74, 6) is 0.575. The summed E-state index contributed by atoms with van der Waals surface area (Å²) >= 11 is 0. The number of hydrogen-bond donors (Lipinski definition) is 1. The maximum absolute atomic E-state index is 11.2. The third kappa shape index (κ3) is 2.57. The van der Waals surface area contributed by atoms with E-state index in [1.807, 2.05) is 45.0 Å². The molecule has 0 fully saturated rings. The first kappa shape index (κ1) is 14.3. The van der Waals surface area contributed by atoms with Crippen LogP contribution in [0.2, 0.25) is 0 Å². The summed E-state index contributed by atoms with van der Waals surface area (Å²) in [7, 11) is 0. The normalized spacial score (nSPS) is 10.9. The van der Waals surface area contributed by atoms with Crippen LogP contribution >= 0.6 is 0 Å². The number of amides is 1. The van der Waals surface area contributed by atoms with E-state index in [1.54, 1.807) is 0 Å². The summed E-state index contributed by atoms with van der Waals surface area (Å²) in [5.41, 5.74) is 5.35. The van der Waals surface area contributed by atoms with Crippen LogP contribution in [0, 0.1) is 20.8 Å². The van der Waals surface area contributed by atoms with Crippen molar-refractivity contribution in [3.63, 3.8) is 0 Å². The van der Waals surface area contributed by atoms with Gasteiger partial charge in [0.05, 0.1) is 11.2 Å². The van der Waals surface area contributed by atoms with E-state index in [0.29, 0.717) is 5.76 Å². The van der Waals surface area contributed by atoms with Crippen LogP contribution in [0.4, 0.5) is 5.69 Å². The molecule has 0 unspecified atom stereocenters. The zero-order valence-corrected chi connectivity index (χ0v) is 13.0. The topological polar surface area (TPSA) is 68.0 Å². The highest BCUT2D eigenvalue weighted by Crippen LogP contribution is 2.29.